The fourth-order valence-electron chi connectivity index (χ4n) is 3.23. The van der Waals surface area contributed by atoms with Crippen molar-refractivity contribution in [3.05, 3.63) is 110 Å². The van der Waals surface area contributed by atoms with Crippen LogP contribution in [0.2, 0.25) is 5.02 Å². The summed E-state index contributed by atoms with van der Waals surface area (Å²) in [5.41, 5.74) is 2.53. The monoisotopic (exact) mass is 463 g/mol. The van der Waals surface area contributed by atoms with Gasteiger partial charge in [-0.15, -0.1) is 0 Å². The number of halogens is 2. The van der Waals surface area contributed by atoms with Gasteiger partial charge in [-0.2, -0.15) is 0 Å². The van der Waals surface area contributed by atoms with Crippen molar-refractivity contribution in [2.45, 2.75) is 0 Å². The zero-order chi connectivity index (χ0) is 20.4. The molecule has 0 aliphatic rings. The minimum Gasteiger partial charge on any atom is -0.321 e. The van der Waals surface area contributed by atoms with Crippen LogP contribution in [0.3, 0.4) is 0 Å². The zero-order valence-electron chi connectivity index (χ0n) is 15.2. The maximum Gasteiger partial charge on any atom is 0.260 e. The molecule has 1 heterocycles. The van der Waals surface area contributed by atoms with Crippen molar-refractivity contribution in [3.8, 4) is 11.1 Å². The summed E-state index contributed by atoms with van der Waals surface area (Å²) in [6, 6.07) is 22.2. The van der Waals surface area contributed by atoms with E-state index >= 15 is 0 Å². The number of hydrogen-bond acceptors (Lipinski definition) is 2. The molecule has 0 amide bonds. The summed E-state index contributed by atoms with van der Waals surface area (Å²) in [6.45, 7) is 0. The molecule has 5 heteroatoms. The highest BCUT2D eigenvalue weighted by Gasteiger charge is 2.19. The van der Waals surface area contributed by atoms with Crippen LogP contribution in [0.1, 0.15) is 15.9 Å². The standard InChI is InChI=1S/C24H15BrClNO2/c25-17-9-6-15(7-10-17)8-13-21(28)23-22(16-4-2-1-3-5-16)19-14-18(26)11-12-20(19)27-24(23)29/h1-14H,(H,27,29)/b13-8+. The van der Waals surface area contributed by atoms with Crippen LogP contribution in [0.25, 0.3) is 28.1 Å². The highest BCUT2D eigenvalue weighted by molar-refractivity contribution is 9.10. The van der Waals surface area contributed by atoms with Gasteiger partial charge >= 0.3 is 0 Å². The molecule has 29 heavy (non-hydrogen) atoms. The molecule has 0 saturated heterocycles. The number of aromatic amines is 1. The number of carbonyl (C=O) groups excluding carboxylic acids is 1. The summed E-state index contributed by atoms with van der Waals surface area (Å²) in [7, 11) is 0. The number of nitrogens with one attached hydrogen (secondary N) is 1. The number of pyridine rings is 1. The highest BCUT2D eigenvalue weighted by atomic mass is 79.9. The van der Waals surface area contributed by atoms with E-state index in [2.05, 4.69) is 20.9 Å². The topological polar surface area (TPSA) is 49.9 Å². The summed E-state index contributed by atoms with van der Waals surface area (Å²) in [5, 5.41) is 1.26. The second kappa shape index (κ2) is 8.19. The Bertz CT molecular complexity index is 1290. The third kappa shape index (κ3) is 4.09. The lowest BCUT2D eigenvalue weighted by atomic mass is 9.94. The predicted molar refractivity (Wildman–Crippen MR) is 123 cm³/mol. The first-order chi connectivity index (χ1) is 14.0. The molecule has 3 aromatic carbocycles. The normalized spacial score (nSPS) is 11.2. The summed E-state index contributed by atoms with van der Waals surface area (Å²) < 4.78 is 0.954. The molecule has 0 fully saturated rings. The summed E-state index contributed by atoms with van der Waals surface area (Å²) in [4.78, 5) is 28.7. The SMILES string of the molecule is O=C(/C=C/c1ccc(Br)cc1)c1c(-c2ccccc2)c2cc(Cl)ccc2[nH]c1=O. The van der Waals surface area contributed by atoms with E-state index in [4.69, 9.17) is 11.6 Å². The van der Waals surface area contributed by atoms with Gasteiger partial charge in [0.25, 0.3) is 5.56 Å². The molecule has 1 aromatic heterocycles. The number of hydrogen-bond donors (Lipinski definition) is 1. The molecule has 3 nitrogen and oxygen atoms in total. The van der Waals surface area contributed by atoms with Gasteiger partial charge in [-0.25, -0.2) is 0 Å². The summed E-state index contributed by atoms with van der Waals surface area (Å²) in [6.07, 6.45) is 3.13. The lowest BCUT2D eigenvalue weighted by molar-refractivity contribution is 0.104. The van der Waals surface area contributed by atoms with E-state index in [1.54, 1.807) is 24.3 Å². The number of aromatic nitrogens is 1. The second-order valence-corrected chi connectivity index (χ2v) is 7.86. The van der Waals surface area contributed by atoms with Crippen LogP contribution in [0.5, 0.6) is 0 Å². The maximum absolute atomic E-state index is 13.1. The van der Waals surface area contributed by atoms with Crippen molar-refractivity contribution in [2.75, 3.05) is 0 Å². The Kier molecular flexibility index (Phi) is 5.47. The van der Waals surface area contributed by atoms with Gasteiger partial charge in [0.1, 0.15) is 0 Å². The van der Waals surface area contributed by atoms with Crippen LogP contribution in [-0.2, 0) is 0 Å². The Labute approximate surface area is 180 Å². The molecule has 142 valence electrons. The number of fused-ring (bicyclic) bond motifs is 1. The molecule has 0 aliphatic heterocycles. The Morgan fingerprint density at radius 3 is 2.41 bits per heavy atom. The van der Waals surface area contributed by atoms with Crippen LogP contribution < -0.4 is 5.56 Å². The number of benzene rings is 3. The second-order valence-electron chi connectivity index (χ2n) is 6.51. The van der Waals surface area contributed by atoms with Gasteiger partial charge in [-0.1, -0.05) is 76.1 Å². The zero-order valence-corrected chi connectivity index (χ0v) is 17.5. The van der Waals surface area contributed by atoms with Gasteiger partial charge < -0.3 is 4.98 Å². The van der Waals surface area contributed by atoms with Crippen LogP contribution in [0.4, 0.5) is 0 Å². The average Bonchev–Trinajstić information content (AvgIpc) is 2.73. The average molecular weight is 465 g/mol. The fraction of sp³-hybridized carbons (Fsp3) is 0. The number of H-pyrrole nitrogens is 1. The lowest BCUT2D eigenvalue weighted by Gasteiger charge is -2.11. The van der Waals surface area contributed by atoms with Gasteiger partial charge in [0.15, 0.2) is 5.78 Å². The molecule has 0 saturated carbocycles. The molecular formula is C24H15BrClNO2. The molecule has 0 bridgehead atoms. The van der Waals surface area contributed by atoms with Gasteiger partial charge in [0.05, 0.1) is 5.56 Å². The molecule has 0 unspecified atom stereocenters. The molecule has 4 rings (SSSR count). The number of ketones is 1. The van der Waals surface area contributed by atoms with Crippen molar-refractivity contribution in [3.63, 3.8) is 0 Å². The van der Waals surface area contributed by atoms with Gasteiger partial charge in [-0.05, 0) is 47.5 Å². The van der Waals surface area contributed by atoms with Crippen molar-refractivity contribution >= 4 is 50.3 Å². The van der Waals surface area contributed by atoms with E-state index in [9.17, 15) is 9.59 Å². The Morgan fingerprint density at radius 2 is 1.69 bits per heavy atom. The molecular weight excluding hydrogens is 450 g/mol. The molecule has 4 aromatic rings. The van der Waals surface area contributed by atoms with Gasteiger partial charge in [-0.3, -0.25) is 9.59 Å². The van der Waals surface area contributed by atoms with Crippen molar-refractivity contribution < 1.29 is 4.79 Å². The molecule has 0 aliphatic carbocycles. The number of rotatable bonds is 4. The minimum atomic E-state index is -0.427. The van der Waals surface area contributed by atoms with Crippen LogP contribution in [0, 0.1) is 0 Å². The molecule has 0 atom stereocenters. The first-order valence-electron chi connectivity index (χ1n) is 8.92. The molecule has 0 radical (unpaired) electrons. The first kappa shape index (κ1) is 19.4. The smallest absolute Gasteiger partial charge is 0.260 e. The Hall–Kier alpha value is -2.95. The Balaban J connectivity index is 1.91. The van der Waals surface area contributed by atoms with E-state index in [0.29, 0.717) is 16.1 Å². The minimum absolute atomic E-state index is 0.0966. The molecule has 0 spiro atoms. The third-order valence-electron chi connectivity index (χ3n) is 4.58. The fourth-order valence-corrected chi connectivity index (χ4v) is 3.67. The van der Waals surface area contributed by atoms with E-state index in [1.807, 2.05) is 54.6 Å². The van der Waals surface area contributed by atoms with Crippen LogP contribution >= 0.6 is 27.5 Å². The third-order valence-corrected chi connectivity index (χ3v) is 5.35. The van der Waals surface area contributed by atoms with E-state index in [-0.39, 0.29) is 11.3 Å². The Morgan fingerprint density at radius 1 is 0.966 bits per heavy atom. The van der Waals surface area contributed by atoms with Crippen LogP contribution in [-0.4, -0.2) is 10.8 Å². The lowest BCUT2D eigenvalue weighted by Crippen LogP contribution is -2.18. The largest absolute Gasteiger partial charge is 0.321 e. The van der Waals surface area contributed by atoms with Crippen molar-refractivity contribution in [1.82, 2.24) is 4.98 Å². The summed E-state index contributed by atoms with van der Waals surface area (Å²) >= 11 is 9.60. The van der Waals surface area contributed by atoms with Gasteiger partial charge in [0, 0.05) is 26.0 Å². The van der Waals surface area contributed by atoms with E-state index in [1.165, 1.54) is 6.08 Å². The van der Waals surface area contributed by atoms with E-state index in [0.717, 1.165) is 21.0 Å². The van der Waals surface area contributed by atoms with E-state index < -0.39 is 5.56 Å². The quantitative estimate of drug-likeness (QED) is 0.276. The number of carbonyl (C=O) groups is 1. The summed E-state index contributed by atoms with van der Waals surface area (Å²) in [5.74, 6) is -0.366. The van der Waals surface area contributed by atoms with Crippen molar-refractivity contribution in [2.24, 2.45) is 0 Å². The predicted octanol–water partition coefficient (Wildman–Crippen LogP) is 6.51. The number of allylic oxidation sites excluding steroid dienone is 1. The van der Waals surface area contributed by atoms with Gasteiger partial charge in [0.2, 0.25) is 0 Å². The maximum atomic E-state index is 13.1. The van der Waals surface area contributed by atoms with Crippen molar-refractivity contribution in [1.29, 1.82) is 0 Å². The first-order valence-corrected chi connectivity index (χ1v) is 10.1. The molecule has 1 N–H and O–H groups in total. The highest BCUT2D eigenvalue weighted by Crippen LogP contribution is 2.31. The van der Waals surface area contributed by atoms with Crippen LogP contribution in [0.15, 0.2) is 88.1 Å².